The minimum Gasteiger partial charge on any atom is -0.316 e. The smallest absolute Gasteiger partial charge is 0.172 e. The number of hydrogen-bond donors (Lipinski definition) is 1. The van der Waals surface area contributed by atoms with Gasteiger partial charge >= 0.3 is 0 Å². The summed E-state index contributed by atoms with van der Waals surface area (Å²) in [4.78, 5) is 12.6. The molecule has 0 saturated carbocycles. The predicted octanol–water partition coefficient (Wildman–Crippen LogP) is 3.47. The second-order valence-electron chi connectivity index (χ2n) is 4.42. The average molecular weight is 302 g/mol. The first kappa shape index (κ1) is 12.3. The third-order valence-corrected chi connectivity index (χ3v) is 5.02. The molecular weight excluding hydrogens is 286 g/mol. The number of carbonyl (C=O) groups excluding carboxylic acids is 1. The van der Waals surface area contributed by atoms with E-state index in [1.807, 2.05) is 10.8 Å². The third-order valence-electron chi connectivity index (χ3n) is 3.31. The lowest BCUT2D eigenvalue weighted by molar-refractivity contribution is 0.0801. The molecule has 1 aliphatic heterocycles. The number of nitrogens with one attached hydrogen (secondary N) is 1. The monoisotopic (exact) mass is 301 g/mol. The van der Waals surface area contributed by atoms with Gasteiger partial charge in [0.2, 0.25) is 0 Å². The minimum atomic E-state index is -0.154. The van der Waals surface area contributed by atoms with Gasteiger partial charge in [-0.15, -0.1) is 0 Å². The highest BCUT2D eigenvalue weighted by Gasteiger charge is 2.41. The zero-order chi connectivity index (χ0) is 11.6. The van der Waals surface area contributed by atoms with Crippen LogP contribution in [0.5, 0.6) is 0 Å². The van der Waals surface area contributed by atoms with Crippen molar-refractivity contribution in [3.8, 4) is 0 Å². The Hall–Kier alpha value is -0.190. The van der Waals surface area contributed by atoms with Crippen LogP contribution in [0, 0.1) is 5.41 Å². The Morgan fingerprint density at radius 3 is 2.94 bits per heavy atom. The second kappa shape index (κ2) is 4.98. The molecule has 2 heterocycles. The van der Waals surface area contributed by atoms with Crippen LogP contribution in [0.3, 0.4) is 0 Å². The van der Waals surface area contributed by atoms with Crippen LogP contribution < -0.4 is 5.32 Å². The lowest BCUT2D eigenvalue weighted by Gasteiger charge is -2.25. The van der Waals surface area contributed by atoms with E-state index in [1.165, 1.54) is 0 Å². The molecule has 4 heteroatoms. The van der Waals surface area contributed by atoms with Crippen LogP contribution in [-0.2, 0) is 0 Å². The van der Waals surface area contributed by atoms with Gasteiger partial charge in [0.25, 0.3) is 0 Å². The molecule has 0 aromatic carbocycles. The van der Waals surface area contributed by atoms with Gasteiger partial charge in [-0.3, -0.25) is 4.79 Å². The largest absolute Gasteiger partial charge is 0.316 e. The summed E-state index contributed by atoms with van der Waals surface area (Å²) in [6, 6.07) is 0. The summed E-state index contributed by atoms with van der Waals surface area (Å²) in [6.07, 6.45) is 3.03. The van der Waals surface area contributed by atoms with Crippen LogP contribution >= 0.6 is 27.3 Å². The van der Waals surface area contributed by atoms with Crippen LogP contribution in [0.1, 0.15) is 36.5 Å². The Bertz CT molecular complexity index is 382. The summed E-state index contributed by atoms with van der Waals surface area (Å²) < 4.78 is 0.949. The van der Waals surface area contributed by atoms with E-state index in [0.29, 0.717) is 5.78 Å². The standard InChI is InChI=1S/C12H16BrNOS/c1-2-3-12(4-5-14-8-12)11(15)9-6-16-7-10(9)13/h6-7,14H,2-5,8H2,1H3. The van der Waals surface area contributed by atoms with Gasteiger partial charge in [0.15, 0.2) is 5.78 Å². The fourth-order valence-electron chi connectivity index (χ4n) is 2.47. The number of Topliss-reactive ketones (excluding diaryl/α,β-unsaturated/α-hetero) is 1. The summed E-state index contributed by atoms with van der Waals surface area (Å²) >= 11 is 5.04. The van der Waals surface area contributed by atoms with Crippen molar-refractivity contribution in [2.45, 2.75) is 26.2 Å². The lowest BCUT2D eigenvalue weighted by atomic mass is 9.76. The van der Waals surface area contributed by atoms with E-state index in [0.717, 1.165) is 42.4 Å². The molecule has 1 N–H and O–H groups in total. The second-order valence-corrected chi connectivity index (χ2v) is 6.02. The van der Waals surface area contributed by atoms with Crippen molar-refractivity contribution in [3.63, 3.8) is 0 Å². The predicted molar refractivity (Wildman–Crippen MR) is 71.2 cm³/mol. The number of halogens is 1. The molecule has 1 saturated heterocycles. The number of rotatable bonds is 4. The van der Waals surface area contributed by atoms with Crippen LogP contribution in [-0.4, -0.2) is 18.9 Å². The highest BCUT2D eigenvalue weighted by atomic mass is 79.9. The molecule has 0 bridgehead atoms. The van der Waals surface area contributed by atoms with E-state index in [1.54, 1.807) is 11.3 Å². The normalized spacial score (nSPS) is 24.9. The molecule has 0 aliphatic carbocycles. The van der Waals surface area contributed by atoms with Gasteiger partial charge in [0.05, 0.1) is 0 Å². The van der Waals surface area contributed by atoms with E-state index < -0.39 is 0 Å². The molecule has 2 rings (SSSR count). The van der Waals surface area contributed by atoms with Gasteiger partial charge in [-0.1, -0.05) is 13.3 Å². The van der Waals surface area contributed by atoms with Gasteiger partial charge < -0.3 is 5.32 Å². The van der Waals surface area contributed by atoms with Crippen molar-refractivity contribution < 1.29 is 4.79 Å². The summed E-state index contributed by atoms with van der Waals surface area (Å²) in [5.41, 5.74) is 0.709. The molecule has 1 aliphatic rings. The van der Waals surface area contributed by atoms with Gasteiger partial charge in [-0.2, -0.15) is 11.3 Å². The van der Waals surface area contributed by atoms with Gasteiger partial charge in [-0.25, -0.2) is 0 Å². The zero-order valence-electron chi connectivity index (χ0n) is 9.38. The molecular formula is C12H16BrNOS. The van der Waals surface area contributed by atoms with Crippen molar-refractivity contribution in [2.75, 3.05) is 13.1 Å². The third kappa shape index (κ3) is 2.11. The number of ketones is 1. The summed E-state index contributed by atoms with van der Waals surface area (Å²) in [6.45, 7) is 3.95. The van der Waals surface area contributed by atoms with Gasteiger partial charge in [0.1, 0.15) is 0 Å². The number of carbonyl (C=O) groups is 1. The van der Waals surface area contributed by atoms with Crippen molar-refractivity contribution in [3.05, 3.63) is 20.8 Å². The Kier molecular flexibility index (Phi) is 3.82. The molecule has 2 nitrogen and oxygen atoms in total. The number of thiophene rings is 1. The maximum atomic E-state index is 12.6. The fraction of sp³-hybridized carbons (Fsp3) is 0.583. The maximum Gasteiger partial charge on any atom is 0.172 e. The summed E-state index contributed by atoms with van der Waals surface area (Å²) in [5, 5.41) is 7.27. The van der Waals surface area contributed by atoms with E-state index in [9.17, 15) is 4.79 Å². The van der Waals surface area contributed by atoms with Crippen molar-refractivity contribution in [1.29, 1.82) is 0 Å². The first-order chi connectivity index (χ1) is 7.69. The first-order valence-electron chi connectivity index (χ1n) is 5.67. The van der Waals surface area contributed by atoms with Gasteiger partial charge in [-0.05, 0) is 35.3 Å². The summed E-state index contributed by atoms with van der Waals surface area (Å²) in [7, 11) is 0. The van der Waals surface area contributed by atoms with E-state index in [-0.39, 0.29) is 5.41 Å². The van der Waals surface area contributed by atoms with Crippen molar-refractivity contribution in [2.24, 2.45) is 5.41 Å². The Labute approximate surface area is 109 Å². The van der Waals surface area contributed by atoms with Crippen LogP contribution in [0.25, 0.3) is 0 Å². The van der Waals surface area contributed by atoms with Crippen molar-refractivity contribution in [1.82, 2.24) is 5.32 Å². The van der Waals surface area contributed by atoms with E-state index in [4.69, 9.17) is 0 Å². The lowest BCUT2D eigenvalue weighted by Crippen LogP contribution is -2.33. The SMILES string of the molecule is CCCC1(C(=O)c2cscc2Br)CCNC1. The molecule has 88 valence electrons. The highest BCUT2D eigenvalue weighted by molar-refractivity contribution is 9.10. The zero-order valence-corrected chi connectivity index (χ0v) is 11.8. The molecule has 1 unspecified atom stereocenters. The quantitative estimate of drug-likeness (QED) is 0.863. The Morgan fingerprint density at radius 2 is 2.44 bits per heavy atom. The highest BCUT2D eigenvalue weighted by Crippen LogP contribution is 2.37. The Morgan fingerprint density at radius 1 is 1.62 bits per heavy atom. The summed E-state index contributed by atoms with van der Waals surface area (Å²) in [5.74, 6) is 0.312. The molecule has 1 aromatic rings. The van der Waals surface area contributed by atoms with E-state index >= 15 is 0 Å². The first-order valence-corrected chi connectivity index (χ1v) is 7.40. The van der Waals surface area contributed by atoms with Crippen LogP contribution in [0.15, 0.2) is 15.2 Å². The molecule has 0 spiro atoms. The Balaban J connectivity index is 2.27. The van der Waals surface area contributed by atoms with Crippen LogP contribution in [0.2, 0.25) is 0 Å². The van der Waals surface area contributed by atoms with E-state index in [2.05, 4.69) is 28.2 Å². The topological polar surface area (TPSA) is 29.1 Å². The van der Waals surface area contributed by atoms with Crippen molar-refractivity contribution >= 4 is 33.0 Å². The van der Waals surface area contributed by atoms with Gasteiger partial charge in [0, 0.05) is 32.8 Å². The molecule has 1 atom stereocenters. The average Bonchev–Trinajstić information content (AvgIpc) is 2.87. The number of hydrogen-bond acceptors (Lipinski definition) is 3. The molecule has 1 aromatic heterocycles. The molecule has 1 fully saturated rings. The molecule has 16 heavy (non-hydrogen) atoms. The minimum absolute atomic E-state index is 0.154. The maximum absolute atomic E-state index is 12.6. The molecule has 0 amide bonds. The van der Waals surface area contributed by atoms with Crippen LogP contribution in [0.4, 0.5) is 0 Å². The fourth-order valence-corrected chi connectivity index (χ4v) is 3.93. The molecule has 0 radical (unpaired) electrons.